The van der Waals surface area contributed by atoms with E-state index in [1.165, 1.54) is 23.3 Å². The summed E-state index contributed by atoms with van der Waals surface area (Å²) in [5.74, 6) is 0.474. The molecule has 1 heterocycles. The summed E-state index contributed by atoms with van der Waals surface area (Å²) in [6, 6.07) is 17.1. The molecule has 0 aliphatic carbocycles. The van der Waals surface area contributed by atoms with E-state index in [2.05, 4.69) is 31.0 Å². The first-order valence-corrected chi connectivity index (χ1v) is 10.2. The maximum atomic E-state index is 12.2. The number of carbonyl (C=O) groups excluding carboxylic acids is 1. The number of nitrogens with one attached hydrogen (secondary N) is 2. The summed E-state index contributed by atoms with van der Waals surface area (Å²) < 4.78 is 3.48. The number of hydrogen-bond acceptors (Lipinski definition) is 4. The number of carbonyl (C=O) groups is 1. The van der Waals surface area contributed by atoms with Crippen LogP contribution in [-0.4, -0.2) is 11.0 Å². The highest BCUT2D eigenvalue weighted by molar-refractivity contribution is 9.11. The standard InChI is InChI=1S/C17H13BrClN3OS2/c18-16-20-14(12-4-2-1-3-5-12)15(24-16)21-17(23)22-25-13-8-6-11(10-19)7-9-13/h1-9H,10H2,(H2,21,22,23). The Morgan fingerprint density at radius 2 is 1.88 bits per heavy atom. The van der Waals surface area contributed by atoms with Gasteiger partial charge in [-0.2, -0.15) is 0 Å². The molecule has 0 aliphatic rings. The summed E-state index contributed by atoms with van der Waals surface area (Å²) in [5.41, 5.74) is 2.73. The number of halogens is 2. The Labute approximate surface area is 167 Å². The highest BCUT2D eigenvalue weighted by atomic mass is 79.9. The van der Waals surface area contributed by atoms with Gasteiger partial charge in [-0.05, 0) is 45.6 Å². The average Bonchev–Trinajstić information content (AvgIpc) is 3.01. The number of benzene rings is 2. The van der Waals surface area contributed by atoms with Gasteiger partial charge in [0.25, 0.3) is 0 Å². The van der Waals surface area contributed by atoms with Crippen molar-refractivity contribution >= 4 is 61.8 Å². The second-order valence-corrected chi connectivity index (χ2v) is 8.37. The molecule has 3 aromatic rings. The summed E-state index contributed by atoms with van der Waals surface area (Å²) >= 11 is 11.8. The van der Waals surface area contributed by atoms with Crippen molar-refractivity contribution in [3.63, 3.8) is 0 Å². The molecule has 2 N–H and O–H groups in total. The molecule has 8 heteroatoms. The molecule has 0 aliphatic heterocycles. The van der Waals surface area contributed by atoms with Gasteiger partial charge < -0.3 is 0 Å². The number of urea groups is 1. The van der Waals surface area contributed by atoms with Crippen molar-refractivity contribution in [1.82, 2.24) is 9.71 Å². The van der Waals surface area contributed by atoms with Crippen molar-refractivity contribution in [2.24, 2.45) is 0 Å². The number of alkyl halides is 1. The summed E-state index contributed by atoms with van der Waals surface area (Å²) in [4.78, 5) is 17.6. The van der Waals surface area contributed by atoms with E-state index in [1.807, 2.05) is 54.6 Å². The average molecular weight is 455 g/mol. The van der Waals surface area contributed by atoms with Gasteiger partial charge in [-0.1, -0.05) is 53.8 Å². The van der Waals surface area contributed by atoms with Crippen LogP contribution in [0.2, 0.25) is 0 Å². The van der Waals surface area contributed by atoms with Crippen molar-refractivity contribution in [1.29, 1.82) is 0 Å². The minimum atomic E-state index is -0.306. The minimum Gasteiger partial charge on any atom is -0.297 e. The van der Waals surface area contributed by atoms with Crippen molar-refractivity contribution in [3.8, 4) is 11.3 Å². The SMILES string of the molecule is O=C(NSc1ccc(CCl)cc1)Nc1sc(Br)nc1-c1ccccc1. The van der Waals surface area contributed by atoms with Crippen LogP contribution in [0.5, 0.6) is 0 Å². The lowest BCUT2D eigenvalue weighted by atomic mass is 10.2. The van der Waals surface area contributed by atoms with Crippen molar-refractivity contribution in [3.05, 3.63) is 64.1 Å². The second-order valence-electron chi connectivity index (χ2n) is 4.95. The Balaban J connectivity index is 1.65. The van der Waals surface area contributed by atoms with Crippen LogP contribution in [-0.2, 0) is 5.88 Å². The number of nitrogens with zero attached hydrogens (tertiary/aromatic N) is 1. The fourth-order valence-electron chi connectivity index (χ4n) is 2.05. The Hall–Kier alpha value is -1.54. The molecule has 1 aromatic heterocycles. The molecule has 0 radical (unpaired) electrons. The molecular formula is C17H13BrClN3OS2. The van der Waals surface area contributed by atoms with Gasteiger partial charge in [0.05, 0.1) is 0 Å². The predicted octanol–water partition coefficient (Wildman–Crippen LogP) is 6.14. The van der Waals surface area contributed by atoms with Gasteiger partial charge >= 0.3 is 6.03 Å². The maximum Gasteiger partial charge on any atom is 0.330 e. The van der Waals surface area contributed by atoms with Crippen LogP contribution < -0.4 is 10.0 Å². The van der Waals surface area contributed by atoms with Crippen molar-refractivity contribution < 1.29 is 4.79 Å². The third-order valence-electron chi connectivity index (χ3n) is 3.21. The van der Waals surface area contributed by atoms with Crippen LogP contribution in [0, 0.1) is 0 Å². The molecule has 0 spiro atoms. The zero-order valence-corrected chi connectivity index (χ0v) is 16.8. The Morgan fingerprint density at radius 3 is 2.56 bits per heavy atom. The number of amides is 2. The first-order chi connectivity index (χ1) is 12.2. The predicted molar refractivity (Wildman–Crippen MR) is 109 cm³/mol. The lowest BCUT2D eigenvalue weighted by Crippen LogP contribution is -2.22. The van der Waals surface area contributed by atoms with E-state index < -0.39 is 0 Å². The fraction of sp³-hybridized carbons (Fsp3) is 0.0588. The van der Waals surface area contributed by atoms with Gasteiger partial charge in [-0.25, -0.2) is 9.78 Å². The molecule has 2 aromatic carbocycles. The lowest BCUT2D eigenvalue weighted by Gasteiger charge is -2.07. The smallest absolute Gasteiger partial charge is 0.297 e. The van der Waals surface area contributed by atoms with E-state index >= 15 is 0 Å². The monoisotopic (exact) mass is 453 g/mol. The molecule has 0 saturated heterocycles. The van der Waals surface area contributed by atoms with Gasteiger partial charge in [-0.3, -0.25) is 10.0 Å². The van der Waals surface area contributed by atoms with Gasteiger partial charge in [0.1, 0.15) is 10.7 Å². The largest absolute Gasteiger partial charge is 0.330 e. The number of rotatable bonds is 5. The van der Waals surface area contributed by atoms with Gasteiger partial charge in [0.15, 0.2) is 3.92 Å². The minimum absolute atomic E-state index is 0.306. The molecule has 0 atom stereocenters. The van der Waals surface area contributed by atoms with Crippen LogP contribution in [0.4, 0.5) is 9.80 Å². The number of hydrogen-bond donors (Lipinski definition) is 2. The molecule has 2 amide bonds. The van der Waals surface area contributed by atoms with Crippen LogP contribution in [0.1, 0.15) is 5.56 Å². The zero-order valence-electron chi connectivity index (χ0n) is 12.8. The highest BCUT2D eigenvalue weighted by Gasteiger charge is 2.14. The molecule has 0 saturated carbocycles. The van der Waals surface area contributed by atoms with Crippen LogP contribution in [0.15, 0.2) is 63.4 Å². The number of aromatic nitrogens is 1. The first-order valence-electron chi connectivity index (χ1n) is 7.26. The van der Waals surface area contributed by atoms with E-state index in [0.717, 1.165) is 21.7 Å². The van der Waals surface area contributed by atoms with Crippen molar-refractivity contribution in [2.75, 3.05) is 5.32 Å². The molecule has 0 fully saturated rings. The van der Waals surface area contributed by atoms with E-state index in [0.29, 0.717) is 14.8 Å². The quantitative estimate of drug-likeness (QED) is 0.359. The Kier molecular flexibility index (Phi) is 6.36. The van der Waals surface area contributed by atoms with Crippen molar-refractivity contribution in [2.45, 2.75) is 10.8 Å². The zero-order chi connectivity index (χ0) is 17.6. The Bertz CT molecular complexity index is 856. The first kappa shape index (κ1) is 18.3. The normalized spacial score (nSPS) is 10.5. The summed E-state index contributed by atoms with van der Waals surface area (Å²) in [7, 11) is 0. The molecular weight excluding hydrogens is 442 g/mol. The van der Waals surface area contributed by atoms with E-state index in [-0.39, 0.29) is 6.03 Å². The fourth-order valence-corrected chi connectivity index (χ4v) is 4.14. The molecule has 0 unspecified atom stereocenters. The molecule has 4 nitrogen and oxygen atoms in total. The van der Waals surface area contributed by atoms with Crippen LogP contribution in [0.25, 0.3) is 11.3 Å². The number of thiazole rings is 1. The van der Waals surface area contributed by atoms with Gasteiger partial charge in [-0.15, -0.1) is 11.6 Å². The van der Waals surface area contributed by atoms with Crippen LogP contribution >= 0.6 is 50.8 Å². The number of anilines is 1. The third-order valence-corrected chi connectivity index (χ3v) is 5.74. The summed E-state index contributed by atoms with van der Waals surface area (Å²) in [6.45, 7) is 0. The molecule has 0 bridgehead atoms. The molecule has 3 rings (SSSR count). The summed E-state index contributed by atoms with van der Waals surface area (Å²) in [5, 5.41) is 3.55. The Morgan fingerprint density at radius 1 is 1.16 bits per heavy atom. The lowest BCUT2D eigenvalue weighted by molar-refractivity contribution is 0.257. The maximum absolute atomic E-state index is 12.2. The summed E-state index contributed by atoms with van der Waals surface area (Å²) in [6.07, 6.45) is 0. The van der Waals surface area contributed by atoms with Gasteiger partial charge in [0, 0.05) is 16.3 Å². The van der Waals surface area contributed by atoms with Crippen LogP contribution in [0.3, 0.4) is 0 Å². The molecule has 25 heavy (non-hydrogen) atoms. The van der Waals surface area contributed by atoms with E-state index in [1.54, 1.807) is 0 Å². The highest BCUT2D eigenvalue weighted by Crippen LogP contribution is 2.35. The van der Waals surface area contributed by atoms with E-state index in [9.17, 15) is 4.79 Å². The topological polar surface area (TPSA) is 54.0 Å². The third kappa shape index (κ3) is 4.98. The molecule has 128 valence electrons. The second kappa shape index (κ2) is 8.71. The van der Waals surface area contributed by atoms with Gasteiger partial charge in [0.2, 0.25) is 0 Å². The van der Waals surface area contributed by atoms with E-state index in [4.69, 9.17) is 11.6 Å².